The molecule has 1 fully saturated rings. The number of halogens is 1. The maximum absolute atomic E-state index is 14.0. The molecule has 0 unspecified atom stereocenters. The molecule has 1 aliphatic heterocycles. The van der Waals surface area contributed by atoms with E-state index in [4.69, 9.17) is 0 Å². The number of hydrogen-bond donors (Lipinski definition) is 1. The highest BCUT2D eigenvalue weighted by Crippen LogP contribution is 2.30. The van der Waals surface area contributed by atoms with E-state index >= 15 is 0 Å². The lowest BCUT2D eigenvalue weighted by Gasteiger charge is -2.37. The quantitative estimate of drug-likeness (QED) is 0.883. The Hall–Kier alpha value is -1.62. The summed E-state index contributed by atoms with van der Waals surface area (Å²) in [7, 11) is 0. The monoisotopic (exact) mass is 266 g/mol. The van der Waals surface area contributed by atoms with E-state index in [1.165, 1.54) is 6.07 Å². The van der Waals surface area contributed by atoms with Crippen molar-refractivity contribution in [3.63, 3.8) is 0 Å². The van der Waals surface area contributed by atoms with Gasteiger partial charge in [-0.05, 0) is 13.0 Å². The first-order valence-electron chi connectivity index (χ1n) is 6.47. The Balaban J connectivity index is 2.22. The van der Waals surface area contributed by atoms with Crippen LogP contribution in [-0.4, -0.2) is 42.1 Å². The van der Waals surface area contributed by atoms with Crippen molar-refractivity contribution < 1.29 is 14.3 Å². The smallest absolute Gasteiger partial charge is 0.219 e. The highest BCUT2D eigenvalue weighted by Gasteiger charge is 2.23. The topological polar surface area (TPSA) is 43.8 Å². The van der Waals surface area contributed by atoms with Crippen LogP contribution in [0.3, 0.4) is 0 Å². The van der Waals surface area contributed by atoms with Crippen LogP contribution >= 0.6 is 0 Å². The van der Waals surface area contributed by atoms with Crippen LogP contribution < -0.4 is 4.90 Å². The van der Waals surface area contributed by atoms with Gasteiger partial charge in [0.25, 0.3) is 0 Å². The summed E-state index contributed by atoms with van der Waals surface area (Å²) < 4.78 is 14.0. The lowest BCUT2D eigenvalue weighted by molar-refractivity contribution is -0.129. The van der Waals surface area contributed by atoms with Gasteiger partial charge in [-0.25, -0.2) is 4.39 Å². The number of carbonyl (C=O) groups excluding carboxylic acids is 1. The molecule has 0 spiro atoms. The number of hydrogen-bond acceptors (Lipinski definition) is 3. The van der Waals surface area contributed by atoms with Crippen molar-refractivity contribution in [2.75, 3.05) is 31.1 Å². The molecular weight excluding hydrogens is 247 g/mol. The summed E-state index contributed by atoms with van der Waals surface area (Å²) in [5.74, 6) is -0.279. The van der Waals surface area contributed by atoms with Crippen molar-refractivity contribution in [3.8, 4) is 0 Å². The average Bonchev–Trinajstić information content (AvgIpc) is 2.38. The first kappa shape index (κ1) is 13.8. The molecule has 0 bridgehead atoms. The fourth-order valence-electron chi connectivity index (χ4n) is 2.45. The Labute approximate surface area is 112 Å². The van der Waals surface area contributed by atoms with Crippen LogP contribution in [0.5, 0.6) is 0 Å². The van der Waals surface area contributed by atoms with E-state index in [1.54, 1.807) is 30.9 Å². The van der Waals surface area contributed by atoms with Gasteiger partial charge in [0.15, 0.2) is 0 Å². The van der Waals surface area contributed by atoms with Crippen LogP contribution in [0.1, 0.15) is 25.5 Å². The maximum Gasteiger partial charge on any atom is 0.219 e. The van der Waals surface area contributed by atoms with Crippen LogP contribution in [0.25, 0.3) is 0 Å². The molecule has 4 nitrogen and oxygen atoms in total. The summed E-state index contributed by atoms with van der Waals surface area (Å²) in [6.07, 6.45) is -0.712. The fraction of sp³-hybridized carbons (Fsp3) is 0.500. The summed E-state index contributed by atoms with van der Waals surface area (Å²) >= 11 is 0. The number of nitrogens with zero attached hydrogens (tertiary/aromatic N) is 2. The third kappa shape index (κ3) is 2.87. The second-order valence-electron chi connectivity index (χ2n) is 4.85. The average molecular weight is 266 g/mol. The van der Waals surface area contributed by atoms with Crippen molar-refractivity contribution in [2.45, 2.75) is 20.0 Å². The lowest BCUT2D eigenvalue weighted by Crippen LogP contribution is -2.48. The molecule has 1 aliphatic rings. The van der Waals surface area contributed by atoms with Gasteiger partial charge in [-0.1, -0.05) is 12.1 Å². The minimum absolute atomic E-state index is 0.0453. The summed E-state index contributed by atoms with van der Waals surface area (Å²) in [5, 5.41) is 9.74. The van der Waals surface area contributed by atoms with E-state index in [2.05, 4.69) is 0 Å². The maximum atomic E-state index is 14.0. The molecule has 1 aromatic carbocycles. The molecule has 0 aromatic heterocycles. The fourth-order valence-corrected chi connectivity index (χ4v) is 2.45. The zero-order valence-electron chi connectivity index (χ0n) is 11.3. The Bertz CT molecular complexity index is 469. The van der Waals surface area contributed by atoms with Gasteiger partial charge in [0, 0.05) is 38.7 Å². The number of anilines is 1. The summed E-state index contributed by atoms with van der Waals surface area (Å²) in [4.78, 5) is 14.9. The zero-order valence-corrected chi connectivity index (χ0v) is 11.3. The van der Waals surface area contributed by atoms with Gasteiger partial charge in [-0.3, -0.25) is 4.79 Å². The molecule has 2 rings (SSSR count). The third-order valence-electron chi connectivity index (χ3n) is 3.51. The zero-order chi connectivity index (χ0) is 14.0. The molecule has 1 aromatic rings. The Kier molecular flexibility index (Phi) is 4.04. The van der Waals surface area contributed by atoms with Crippen LogP contribution in [0.4, 0.5) is 10.1 Å². The third-order valence-corrected chi connectivity index (χ3v) is 3.51. The van der Waals surface area contributed by atoms with Gasteiger partial charge in [-0.15, -0.1) is 0 Å². The van der Waals surface area contributed by atoms with Crippen LogP contribution in [0, 0.1) is 5.82 Å². The minimum Gasteiger partial charge on any atom is -0.389 e. The van der Waals surface area contributed by atoms with E-state index in [-0.39, 0.29) is 11.7 Å². The van der Waals surface area contributed by atoms with Crippen molar-refractivity contribution in [2.24, 2.45) is 0 Å². The van der Waals surface area contributed by atoms with Gasteiger partial charge in [-0.2, -0.15) is 0 Å². The van der Waals surface area contributed by atoms with Crippen molar-refractivity contribution in [1.29, 1.82) is 0 Å². The number of amides is 1. The largest absolute Gasteiger partial charge is 0.389 e. The number of piperazine rings is 1. The highest BCUT2D eigenvalue weighted by atomic mass is 19.1. The molecule has 1 N–H and O–H groups in total. The minimum atomic E-state index is -0.712. The van der Waals surface area contributed by atoms with Crippen molar-refractivity contribution in [3.05, 3.63) is 29.6 Å². The molecule has 0 aliphatic carbocycles. The molecule has 1 amide bonds. The number of aliphatic hydroxyl groups is 1. The van der Waals surface area contributed by atoms with E-state index in [0.29, 0.717) is 37.4 Å². The second-order valence-corrected chi connectivity index (χ2v) is 4.85. The van der Waals surface area contributed by atoms with Crippen molar-refractivity contribution >= 4 is 11.6 Å². The molecule has 1 atom stereocenters. The van der Waals surface area contributed by atoms with Crippen LogP contribution in [-0.2, 0) is 4.79 Å². The Morgan fingerprint density at radius 3 is 2.47 bits per heavy atom. The number of benzene rings is 1. The Morgan fingerprint density at radius 1 is 1.32 bits per heavy atom. The van der Waals surface area contributed by atoms with Gasteiger partial charge in [0.1, 0.15) is 5.82 Å². The first-order valence-corrected chi connectivity index (χ1v) is 6.47. The van der Waals surface area contributed by atoms with Gasteiger partial charge >= 0.3 is 0 Å². The highest BCUT2D eigenvalue weighted by molar-refractivity contribution is 5.73. The molecule has 104 valence electrons. The summed E-state index contributed by atoms with van der Waals surface area (Å²) in [6.45, 7) is 5.51. The molecule has 0 saturated carbocycles. The van der Waals surface area contributed by atoms with Gasteiger partial charge in [0.05, 0.1) is 11.8 Å². The second kappa shape index (κ2) is 5.57. The van der Waals surface area contributed by atoms with E-state index in [0.717, 1.165) is 0 Å². The van der Waals surface area contributed by atoms with Crippen LogP contribution in [0.2, 0.25) is 0 Å². The van der Waals surface area contributed by atoms with E-state index in [1.807, 2.05) is 4.90 Å². The standard InChI is InChI=1S/C14H19FN2O2/c1-10(18)12-4-3-5-13(15)14(12)17-8-6-16(7-9-17)11(2)19/h3-5,10,18H,6-9H2,1-2H3/t10-/m0/s1. The number of aliphatic hydroxyl groups excluding tert-OH is 1. The molecule has 5 heteroatoms. The molecule has 1 heterocycles. The van der Waals surface area contributed by atoms with Crippen LogP contribution in [0.15, 0.2) is 18.2 Å². The Morgan fingerprint density at radius 2 is 1.95 bits per heavy atom. The summed E-state index contributed by atoms with van der Waals surface area (Å²) in [6, 6.07) is 4.74. The SMILES string of the molecule is CC(=O)N1CCN(c2c(F)cccc2[C@H](C)O)CC1. The van der Waals surface area contributed by atoms with Crippen molar-refractivity contribution in [1.82, 2.24) is 4.90 Å². The number of rotatable bonds is 2. The molecular formula is C14H19FN2O2. The number of carbonyl (C=O) groups is 1. The number of para-hydroxylation sites is 1. The lowest BCUT2D eigenvalue weighted by atomic mass is 10.1. The van der Waals surface area contributed by atoms with Gasteiger partial charge in [0.2, 0.25) is 5.91 Å². The van der Waals surface area contributed by atoms with Gasteiger partial charge < -0.3 is 14.9 Å². The van der Waals surface area contributed by atoms with E-state index < -0.39 is 6.10 Å². The molecule has 1 saturated heterocycles. The first-order chi connectivity index (χ1) is 9.00. The molecule has 0 radical (unpaired) electrons. The predicted molar refractivity (Wildman–Crippen MR) is 71.5 cm³/mol. The molecule has 19 heavy (non-hydrogen) atoms. The normalized spacial score (nSPS) is 17.5. The predicted octanol–water partition coefficient (Wildman–Crippen LogP) is 1.55. The van der Waals surface area contributed by atoms with E-state index in [9.17, 15) is 14.3 Å². The summed E-state index contributed by atoms with van der Waals surface area (Å²) in [5.41, 5.74) is 1.05.